The van der Waals surface area contributed by atoms with Crippen LogP contribution in [-0.2, 0) is 11.3 Å². The van der Waals surface area contributed by atoms with Crippen molar-refractivity contribution in [2.75, 3.05) is 20.2 Å². The van der Waals surface area contributed by atoms with E-state index in [1.54, 1.807) is 7.11 Å². The van der Waals surface area contributed by atoms with Crippen molar-refractivity contribution >= 4 is 16.7 Å². The predicted molar refractivity (Wildman–Crippen MR) is 106 cm³/mol. The molecule has 5 heteroatoms. The third-order valence-corrected chi connectivity index (χ3v) is 5.94. The Labute approximate surface area is 160 Å². The molecule has 0 bridgehead atoms. The molecule has 0 spiro atoms. The van der Waals surface area contributed by atoms with Crippen LogP contribution in [0, 0.1) is 5.92 Å². The van der Waals surface area contributed by atoms with E-state index < -0.39 is 5.97 Å². The van der Waals surface area contributed by atoms with E-state index in [4.69, 9.17) is 4.74 Å². The van der Waals surface area contributed by atoms with Crippen molar-refractivity contribution in [3.63, 3.8) is 0 Å². The van der Waals surface area contributed by atoms with Crippen molar-refractivity contribution in [3.05, 3.63) is 42.0 Å². The Morgan fingerprint density at radius 3 is 2.70 bits per heavy atom. The van der Waals surface area contributed by atoms with E-state index in [9.17, 15) is 9.90 Å². The highest BCUT2D eigenvalue weighted by atomic mass is 16.5. The van der Waals surface area contributed by atoms with Crippen molar-refractivity contribution in [1.29, 1.82) is 0 Å². The number of fused-ring (bicyclic) bond motifs is 1. The molecular formula is C22H28N2O3. The van der Waals surface area contributed by atoms with Gasteiger partial charge in [0.15, 0.2) is 0 Å². The first-order valence-corrected chi connectivity index (χ1v) is 9.88. The fourth-order valence-corrected chi connectivity index (χ4v) is 4.14. The van der Waals surface area contributed by atoms with Gasteiger partial charge in [-0.2, -0.15) is 0 Å². The van der Waals surface area contributed by atoms with Gasteiger partial charge in [-0.05, 0) is 48.4 Å². The smallest absolute Gasteiger partial charge is 0.317 e. The largest absolute Gasteiger partial charge is 0.496 e. The molecule has 0 aromatic heterocycles. The number of carbonyl (C=O) groups is 1. The first-order valence-electron chi connectivity index (χ1n) is 9.88. The molecule has 2 N–H and O–H groups in total. The summed E-state index contributed by atoms with van der Waals surface area (Å²) >= 11 is 0. The highest BCUT2D eigenvalue weighted by molar-refractivity contribution is 5.87. The number of ether oxygens (including phenoxy) is 1. The number of carboxylic acid groups (broad SMARTS) is 1. The lowest BCUT2D eigenvalue weighted by atomic mass is 9.85. The van der Waals surface area contributed by atoms with Crippen LogP contribution in [0.1, 0.15) is 31.2 Å². The van der Waals surface area contributed by atoms with Crippen LogP contribution in [0.3, 0.4) is 0 Å². The standard InChI is InChI=1S/C22H28N2O3/c1-27-21-9-8-16-4-2-3-5-19(16)20(21)12-23-17-10-18(11-17)24(14-22(25)26)13-15-6-7-15/h2-5,8-9,15,17-18,23H,6-7,10-14H2,1H3,(H,25,26). The van der Waals surface area contributed by atoms with E-state index in [0.717, 1.165) is 37.6 Å². The summed E-state index contributed by atoms with van der Waals surface area (Å²) in [5, 5.41) is 15.3. The number of rotatable bonds is 9. The molecule has 0 atom stereocenters. The molecule has 0 saturated heterocycles. The quantitative estimate of drug-likeness (QED) is 0.711. The Hall–Kier alpha value is -2.11. The van der Waals surface area contributed by atoms with Crippen LogP contribution in [0.5, 0.6) is 5.75 Å². The van der Waals surface area contributed by atoms with E-state index in [-0.39, 0.29) is 6.54 Å². The van der Waals surface area contributed by atoms with Gasteiger partial charge in [-0.3, -0.25) is 9.69 Å². The summed E-state index contributed by atoms with van der Waals surface area (Å²) < 4.78 is 5.58. The van der Waals surface area contributed by atoms with E-state index in [1.807, 2.05) is 6.07 Å². The van der Waals surface area contributed by atoms with Crippen molar-refractivity contribution in [1.82, 2.24) is 10.2 Å². The highest BCUT2D eigenvalue weighted by Gasteiger charge is 2.36. The lowest BCUT2D eigenvalue weighted by Crippen LogP contribution is -2.54. The lowest BCUT2D eigenvalue weighted by Gasteiger charge is -2.43. The van der Waals surface area contributed by atoms with Crippen molar-refractivity contribution < 1.29 is 14.6 Å². The Kier molecular flexibility index (Phi) is 5.32. The van der Waals surface area contributed by atoms with Gasteiger partial charge in [-0.1, -0.05) is 30.3 Å². The zero-order valence-electron chi connectivity index (χ0n) is 15.9. The SMILES string of the molecule is COc1ccc2ccccc2c1CNC1CC(N(CC(=O)O)CC2CC2)C1. The fourth-order valence-electron chi connectivity index (χ4n) is 4.14. The van der Waals surface area contributed by atoms with Crippen molar-refractivity contribution in [3.8, 4) is 5.75 Å². The maximum absolute atomic E-state index is 11.2. The van der Waals surface area contributed by atoms with E-state index >= 15 is 0 Å². The van der Waals surface area contributed by atoms with Crippen molar-refractivity contribution in [2.45, 2.75) is 44.3 Å². The van der Waals surface area contributed by atoms with Gasteiger partial charge in [-0.15, -0.1) is 0 Å². The average molecular weight is 368 g/mol. The average Bonchev–Trinajstić information content (AvgIpc) is 3.43. The molecule has 144 valence electrons. The third-order valence-electron chi connectivity index (χ3n) is 5.94. The topological polar surface area (TPSA) is 61.8 Å². The number of hydrogen-bond acceptors (Lipinski definition) is 4. The second kappa shape index (κ2) is 7.87. The third kappa shape index (κ3) is 4.25. The first kappa shape index (κ1) is 18.3. The number of carboxylic acids is 1. The van der Waals surface area contributed by atoms with Crippen LogP contribution < -0.4 is 10.1 Å². The molecule has 0 aliphatic heterocycles. The molecule has 4 rings (SSSR count). The van der Waals surface area contributed by atoms with Crippen LogP contribution >= 0.6 is 0 Å². The van der Waals surface area contributed by atoms with Gasteiger partial charge in [0, 0.05) is 30.7 Å². The summed E-state index contributed by atoms with van der Waals surface area (Å²) in [7, 11) is 1.72. The van der Waals surface area contributed by atoms with Crippen LogP contribution in [0.25, 0.3) is 10.8 Å². The molecular weight excluding hydrogens is 340 g/mol. The maximum Gasteiger partial charge on any atom is 0.317 e. The Bertz CT molecular complexity index is 812. The zero-order valence-corrected chi connectivity index (χ0v) is 15.9. The molecule has 27 heavy (non-hydrogen) atoms. The predicted octanol–water partition coefficient (Wildman–Crippen LogP) is 3.27. The number of benzene rings is 2. The maximum atomic E-state index is 11.2. The first-order chi connectivity index (χ1) is 13.1. The van der Waals surface area contributed by atoms with Gasteiger partial charge in [0.2, 0.25) is 0 Å². The fraction of sp³-hybridized carbons (Fsp3) is 0.500. The van der Waals surface area contributed by atoms with Crippen LogP contribution in [0.4, 0.5) is 0 Å². The Balaban J connectivity index is 1.36. The van der Waals surface area contributed by atoms with E-state index in [2.05, 4.69) is 40.5 Å². The molecule has 2 saturated carbocycles. The van der Waals surface area contributed by atoms with Gasteiger partial charge in [0.1, 0.15) is 5.75 Å². The molecule has 2 aliphatic rings. The summed E-state index contributed by atoms with van der Waals surface area (Å²) in [5.74, 6) is 0.919. The summed E-state index contributed by atoms with van der Waals surface area (Å²) in [6.45, 7) is 1.88. The molecule has 5 nitrogen and oxygen atoms in total. The molecule has 0 heterocycles. The lowest BCUT2D eigenvalue weighted by molar-refractivity contribution is -0.139. The van der Waals surface area contributed by atoms with Gasteiger partial charge in [0.05, 0.1) is 13.7 Å². The highest BCUT2D eigenvalue weighted by Crippen LogP contribution is 2.34. The second-order valence-electron chi connectivity index (χ2n) is 7.94. The molecule has 2 aromatic rings. The number of methoxy groups -OCH3 is 1. The minimum absolute atomic E-state index is 0.172. The van der Waals surface area contributed by atoms with E-state index in [0.29, 0.717) is 12.1 Å². The Morgan fingerprint density at radius 2 is 2.00 bits per heavy atom. The molecule has 0 amide bonds. The van der Waals surface area contributed by atoms with Gasteiger partial charge in [-0.25, -0.2) is 0 Å². The number of hydrogen-bond donors (Lipinski definition) is 2. The minimum Gasteiger partial charge on any atom is -0.496 e. The van der Waals surface area contributed by atoms with Gasteiger partial charge >= 0.3 is 5.97 Å². The van der Waals surface area contributed by atoms with E-state index in [1.165, 1.54) is 29.2 Å². The molecule has 2 fully saturated rings. The summed E-state index contributed by atoms with van der Waals surface area (Å²) in [6, 6.07) is 13.3. The summed E-state index contributed by atoms with van der Waals surface area (Å²) in [6.07, 6.45) is 4.55. The van der Waals surface area contributed by atoms with Crippen LogP contribution in [0.15, 0.2) is 36.4 Å². The molecule has 2 aliphatic carbocycles. The van der Waals surface area contributed by atoms with Crippen LogP contribution in [0.2, 0.25) is 0 Å². The number of aliphatic carboxylic acids is 1. The minimum atomic E-state index is -0.715. The molecule has 2 aromatic carbocycles. The second-order valence-corrected chi connectivity index (χ2v) is 7.94. The number of nitrogens with zero attached hydrogens (tertiary/aromatic N) is 1. The monoisotopic (exact) mass is 368 g/mol. The normalized spacial score (nSPS) is 22.0. The summed E-state index contributed by atoms with van der Waals surface area (Å²) in [5.41, 5.74) is 1.19. The van der Waals surface area contributed by atoms with Gasteiger partial charge in [0.25, 0.3) is 0 Å². The van der Waals surface area contributed by atoms with Crippen molar-refractivity contribution in [2.24, 2.45) is 5.92 Å². The zero-order chi connectivity index (χ0) is 18.8. The molecule has 0 radical (unpaired) electrons. The summed E-state index contributed by atoms with van der Waals surface area (Å²) in [4.78, 5) is 13.3. The molecule has 0 unspecified atom stereocenters. The van der Waals surface area contributed by atoms with Gasteiger partial charge < -0.3 is 15.2 Å². The van der Waals surface area contributed by atoms with Crippen LogP contribution in [-0.4, -0.2) is 48.3 Å². The number of nitrogens with one attached hydrogen (secondary N) is 1. The Morgan fingerprint density at radius 1 is 1.22 bits per heavy atom.